The molecule has 3 rings (SSSR count). The summed E-state index contributed by atoms with van der Waals surface area (Å²) in [6, 6.07) is 12.1. The first-order valence-corrected chi connectivity index (χ1v) is 10.7. The number of halogens is 2. The van der Waals surface area contributed by atoms with Gasteiger partial charge >= 0.3 is 6.09 Å². The lowest BCUT2D eigenvalue weighted by Gasteiger charge is -2.37. The fraction of sp³-hybridized carbons (Fsp3) is 0.458. The first-order valence-electron chi connectivity index (χ1n) is 10.7. The molecule has 0 radical (unpaired) electrons. The summed E-state index contributed by atoms with van der Waals surface area (Å²) in [6.07, 6.45) is -0.420. The Hall–Kier alpha value is -2.87. The highest BCUT2D eigenvalue weighted by Crippen LogP contribution is 2.29. The van der Waals surface area contributed by atoms with Crippen LogP contribution < -0.4 is 9.64 Å². The Kier molecular flexibility index (Phi) is 7.90. The van der Waals surface area contributed by atoms with E-state index in [0.29, 0.717) is 39.4 Å². The predicted molar refractivity (Wildman–Crippen MR) is 118 cm³/mol. The maximum absolute atomic E-state index is 14.7. The fourth-order valence-corrected chi connectivity index (χ4v) is 3.35. The van der Waals surface area contributed by atoms with Crippen LogP contribution in [0.4, 0.5) is 19.3 Å². The Morgan fingerprint density at radius 3 is 2.19 bits per heavy atom. The molecule has 0 bridgehead atoms. The summed E-state index contributed by atoms with van der Waals surface area (Å²) in [6.45, 7) is 7.57. The quantitative estimate of drug-likeness (QED) is 0.579. The lowest BCUT2D eigenvalue weighted by Crippen LogP contribution is -2.50. The average Bonchev–Trinajstić information content (AvgIpc) is 2.73. The fourth-order valence-electron chi connectivity index (χ4n) is 3.35. The molecule has 1 aliphatic heterocycles. The van der Waals surface area contributed by atoms with Crippen molar-refractivity contribution in [3.05, 3.63) is 59.7 Å². The van der Waals surface area contributed by atoms with Crippen LogP contribution in [0.5, 0.6) is 5.75 Å². The van der Waals surface area contributed by atoms with Crippen molar-refractivity contribution in [2.24, 2.45) is 0 Å². The van der Waals surface area contributed by atoms with Crippen molar-refractivity contribution in [2.45, 2.75) is 33.0 Å². The lowest BCUT2D eigenvalue weighted by atomic mass is 10.2. The van der Waals surface area contributed by atoms with E-state index in [4.69, 9.17) is 14.2 Å². The average molecular weight is 449 g/mol. The van der Waals surface area contributed by atoms with Crippen LogP contribution in [-0.2, 0) is 16.1 Å². The third-order valence-electron chi connectivity index (χ3n) is 4.85. The molecule has 0 unspecified atom stereocenters. The lowest BCUT2D eigenvalue weighted by molar-refractivity contribution is 0.0240. The molecule has 0 aliphatic carbocycles. The smallest absolute Gasteiger partial charge is 0.410 e. The molecule has 0 N–H and O–H groups in total. The molecule has 174 valence electrons. The maximum Gasteiger partial charge on any atom is 0.410 e. The number of rotatable bonds is 7. The van der Waals surface area contributed by atoms with Gasteiger partial charge < -0.3 is 24.0 Å². The Labute approximate surface area is 187 Å². The second-order valence-corrected chi connectivity index (χ2v) is 8.58. The molecule has 0 atom stereocenters. The van der Waals surface area contributed by atoms with E-state index in [1.165, 1.54) is 12.1 Å². The molecular weight excluding hydrogens is 418 g/mol. The van der Waals surface area contributed by atoms with Gasteiger partial charge in [0.15, 0.2) is 11.6 Å². The van der Waals surface area contributed by atoms with Gasteiger partial charge in [0.25, 0.3) is 0 Å². The van der Waals surface area contributed by atoms with E-state index in [1.54, 1.807) is 30.6 Å². The summed E-state index contributed by atoms with van der Waals surface area (Å²) >= 11 is 0. The van der Waals surface area contributed by atoms with E-state index in [9.17, 15) is 13.6 Å². The van der Waals surface area contributed by atoms with Gasteiger partial charge in [-0.05, 0) is 26.3 Å². The van der Waals surface area contributed by atoms with Gasteiger partial charge in [-0.15, -0.1) is 0 Å². The summed E-state index contributed by atoms with van der Waals surface area (Å²) in [4.78, 5) is 15.3. The van der Waals surface area contributed by atoms with Gasteiger partial charge in [-0.2, -0.15) is 0 Å². The van der Waals surface area contributed by atoms with Crippen LogP contribution in [-0.4, -0.2) is 56.0 Å². The molecule has 2 aromatic rings. The number of benzene rings is 2. The maximum atomic E-state index is 14.7. The highest BCUT2D eigenvalue weighted by molar-refractivity contribution is 5.68. The molecule has 32 heavy (non-hydrogen) atoms. The normalized spacial score (nSPS) is 14.4. The van der Waals surface area contributed by atoms with Gasteiger partial charge in [-0.25, -0.2) is 13.6 Å². The largest absolute Gasteiger partial charge is 0.491 e. The van der Waals surface area contributed by atoms with Gasteiger partial charge in [0.2, 0.25) is 0 Å². The van der Waals surface area contributed by atoms with Gasteiger partial charge in [0, 0.05) is 38.3 Å². The Morgan fingerprint density at radius 1 is 0.969 bits per heavy atom. The van der Waals surface area contributed by atoms with Crippen LogP contribution in [0.2, 0.25) is 0 Å². The summed E-state index contributed by atoms with van der Waals surface area (Å²) < 4.78 is 45.7. The monoisotopic (exact) mass is 448 g/mol. The van der Waals surface area contributed by atoms with E-state index < -0.39 is 23.3 Å². The van der Waals surface area contributed by atoms with Crippen LogP contribution in [0.3, 0.4) is 0 Å². The number of ether oxygens (including phenoxy) is 3. The van der Waals surface area contributed by atoms with Crippen LogP contribution in [0.1, 0.15) is 26.3 Å². The third kappa shape index (κ3) is 6.82. The van der Waals surface area contributed by atoms with Crippen molar-refractivity contribution < 1.29 is 27.8 Å². The molecule has 1 amide bonds. The molecular formula is C24H30F2N2O4. The minimum atomic E-state index is -0.698. The highest BCUT2D eigenvalue weighted by Gasteiger charge is 2.28. The third-order valence-corrected chi connectivity index (χ3v) is 4.85. The second-order valence-electron chi connectivity index (χ2n) is 8.58. The van der Waals surface area contributed by atoms with Crippen LogP contribution in [0.15, 0.2) is 42.5 Å². The summed E-state index contributed by atoms with van der Waals surface area (Å²) in [7, 11) is 0. The van der Waals surface area contributed by atoms with Gasteiger partial charge in [0.1, 0.15) is 23.6 Å². The molecule has 0 aromatic heterocycles. The highest BCUT2D eigenvalue weighted by atomic mass is 19.1. The zero-order valence-corrected chi connectivity index (χ0v) is 18.8. The summed E-state index contributed by atoms with van der Waals surface area (Å²) in [5, 5.41) is 0. The summed E-state index contributed by atoms with van der Waals surface area (Å²) in [5.74, 6) is -1.29. The number of piperazine rings is 1. The number of hydrogen-bond donors (Lipinski definition) is 0. The van der Waals surface area contributed by atoms with E-state index >= 15 is 0 Å². The van der Waals surface area contributed by atoms with Crippen molar-refractivity contribution in [3.63, 3.8) is 0 Å². The Bertz CT molecular complexity index is 872. The van der Waals surface area contributed by atoms with Crippen LogP contribution in [0, 0.1) is 11.6 Å². The topological polar surface area (TPSA) is 51.2 Å². The zero-order chi connectivity index (χ0) is 23.1. The molecule has 6 nitrogen and oxygen atoms in total. The van der Waals surface area contributed by atoms with Crippen molar-refractivity contribution in [3.8, 4) is 5.75 Å². The first kappa shape index (κ1) is 23.8. The molecule has 0 saturated carbocycles. The van der Waals surface area contributed by atoms with Crippen molar-refractivity contribution in [1.82, 2.24) is 4.90 Å². The van der Waals surface area contributed by atoms with Crippen LogP contribution >= 0.6 is 0 Å². The molecule has 1 saturated heterocycles. The van der Waals surface area contributed by atoms with Crippen molar-refractivity contribution in [2.75, 3.05) is 44.3 Å². The summed E-state index contributed by atoms with van der Waals surface area (Å²) in [5.41, 5.74) is 0.344. The Balaban J connectivity index is 1.48. The Morgan fingerprint density at radius 2 is 1.59 bits per heavy atom. The number of amides is 1. The molecule has 8 heteroatoms. The van der Waals surface area contributed by atoms with Gasteiger partial charge in [-0.1, -0.05) is 30.3 Å². The van der Waals surface area contributed by atoms with Crippen LogP contribution in [0.25, 0.3) is 0 Å². The molecule has 1 aliphatic rings. The van der Waals surface area contributed by atoms with E-state index in [1.807, 2.05) is 30.3 Å². The van der Waals surface area contributed by atoms with Crippen molar-refractivity contribution in [1.29, 1.82) is 0 Å². The first-order chi connectivity index (χ1) is 15.2. The number of carbonyl (C=O) groups is 1. The standard InChI is InChI=1S/C24H30F2N2O4/c1-24(2,3)32-23(29)28-11-9-27(10-12-28)22-20(25)15-19(16-21(22)26)31-14-13-30-17-18-7-5-4-6-8-18/h4-8,15-16H,9-14,17H2,1-3H3. The number of carbonyl (C=O) groups excluding carboxylic acids is 1. The number of nitrogens with zero attached hydrogens (tertiary/aromatic N) is 2. The molecule has 2 aromatic carbocycles. The molecule has 1 fully saturated rings. The minimum Gasteiger partial charge on any atom is -0.491 e. The van der Waals surface area contributed by atoms with Crippen molar-refractivity contribution >= 4 is 11.8 Å². The van der Waals surface area contributed by atoms with Gasteiger partial charge in [0.05, 0.1) is 13.2 Å². The second kappa shape index (κ2) is 10.6. The van der Waals surface area contributed by atoms with E-state index in [2.05, 4.69) is 0 Å². The number of hydrogen-bond acceptors (Lipinski definition) is 5. The minimum absolute atomic E-state index is 0.110. The molecule has 1 heterocycles. The van der Waals surface area contributed by atoms with E-state index in [0.717, 1.165) is 5.56 Å². The zero-order valence-electron chi connectivity index (χ0n) is 18.8. The SMILES string of the molecule is CC(C)(C)OC(=O)N1CCN(c2c(F)cc(OCCOCc3ccccc3)cc2F)CC1. The predicted octanol–water partition coefficient (Wildman–Crippen LogP) is 4.62. The molecule has 0 spiro atoms. The van der Waals surface area contributed by atoms with E-state index in [-0.39, 0.29) is 18.0 Å². The number of anilines is 1. The van der Waals surface area contributed by atoms with Gasteiger partial charge in [-0.3, -0.25) is 0 Å².